The first-order chi connectivity index (χ1) is 10.8. The van der Waals surface area contributed by atoms with Gasteiger partial charge in [-0.15, -0.1) is 0 Å². The van der Waals surface area contributed by atoms with Gasteiger partial charge in [0.2, 0.25) is 0 Å². The maximum atomic E-state index is 5.81. The highest BCUT2D eigenvalue weighted by Gasteiger charge is 2.03. The standard InChI is InChI=1S/C19H24O3/c1-16(22-15-17-6-4-3-5-7-17)12-13-21-14-18-8-10-19(20-2)11-9-18/h3-11,16H,12-15H2,1-2H3/t16-/m1/s1. The van der Waals surface area contributed by atoms with Crippen LogP contribution in [0.4, 0.5) is 0 Å². The normalized spacial score (nSPS) is 12.1. The molecule has 2 rings (SSSR count). The molecule has 0 saturated carbocycles. The lowest BCUT2D eigenvalue weighted by atomic mass is 10.2. The second-order valence-corrected chi connectivity index (χ2v) is 5.30. The van der Waals surface area contributed by atoms with Crippen molar-refractivity contribution in [3.8, 4) is 5.75 Å². The molecule has 0 bridgehead atoms. The lowest BCUT2D eigenvalue weighted by Crippen LogP contribution is -2.11. The van der Waals surface area contributed by atoms with Gasteiger partial charge >= 0.3 is 0 Å². The van der Waals surface area contributed by atoms with Gasteiger partial charge in [0.25, 0.3) is 0 Å². The van der Waals surface area contributed by atoms with Crippen molar-refractivity contribution in [2.45, 2.75) is 32.7 Å². The minimum Gasteiger partial charge on any atom is -0.497 e. The van der Waals surface area contributed by atoms with Gasteiger partial charge in [-0.05, 0) is 36.6 Å². The van der Waals surface area contributed by atoms with Gasteiger partial charge in [0.15, 0.2) is 0 Å². The molecule has 0 spiro atoms. The van der Waals surface area contributed by atoms with Gasteiger partial charge in [-0.2, -0.15) is 0 Å². The number of hydrogen-bond acceptors (Lipinski definition) is 3. The third kappa shape index (κ3) is 5.88. The van der Waals surface area contributed by atoms with Gasteiger partial charge in [0.05, 0.1) is 26.4 Å². The van der Waals surface area contributed by atoms with E-state index in [0.717, 1.165) is 17.7 Å². The van der Waals surface area contributed by atoms with E-state index >= 15 is 0 Å². The van der Waals surface area contributed by atoms with Gasteiger partial charge in [-0.1, -0.05) is 42.5 Å². The SMILES string of the molecule is COc1ccc(COCC[C@@H](C)OCc2ccccc2)cc1. The molecule has 2 aromatic carbocycles. The molecule has 0 aromatic heterocycles. The Bertz CT molecular complexity index is 522. The Morgan fingerprint density at radius 2 is 1.55 bits per heavy atom. The monoisotopic (exact) mass is 300 g/mol. The van der Waals surface area contributed by atoms with Gasteiger partial charge in [0.1, 0.15) is 5.75 Å². The molecule has 2 aromatic rings. The zero-order chi connectivity index (χ0) is 15.6. The summed E-state index contributed by atoms with van der Waals surface area (Å²) in [5.41, 5.74) is 2.35. The zero-order valence-corrected chi connectivity index (χ0v) is 13.3. The Balaban J connectivity index is 1.59. The van der Waals surface area contributed by atoms with E-state index in [1.807, 2.05) is 42.5 Å². The Morgan fingerprint density at radius 1 is 0.864 bits per heavy atom. The molecule has 0 amide bonds. The van der Waals surface area contributed by atoms with Crippen LogP contribution in [0, 0.1) is 0 Å². The molecule has 118 valence electrons. The first-order valence-electron chi connectivity index (χ1n) is 7.64. The van der Waals surface area contributed by atoms with Crippen molar-refractivity contribution in [3.05, 3.63) is 65.7 Å². The molecule has 22 heavy (non-hydrogen) atoms. The van der Waals surface area contributed by atoms with Crippen LogP contribution in [0.5, 0.6) is 5.75 Å². The first kappa shape index (κ1) is 16.5. The van der Waals surface area contributed by atoms with E-state index < -0.39 is 0 Å². The predicted molar refractivity (Wildman–Crippen MR) is 88.0 cm³/mol. The second-order valence-electron chi connectivity index (χ2n) is 5.30. The minimum atomic E-state index is 0.191. The molecular weight excluding hydrogens is 276 g/mol. The summed E-state index contributed by atoms with van der Waals surface area (Å²) in [6.07, 6.45) is 1.08. The van der Waals surface area contributed by atoms with Crippen molar-refractivity contribution in [3.63, 3.8) is 0 Å². The van der Waals surface area contributed by atoms with E-state index in [-0.39, 0.29) is 6.10 Å². The van der Waals surface area contributed by atoms with Crippen LogP contribution in [0.25, 0.3) is 0 Å². The van der Waals surface area contributed by atoms with Crippen LogP contribution in [-0.4, -0.2) is 19.8 Å². The summed E-state index contributed by atoms with van der Waals surface area (Å²) in [5, 5.41) is 0. The van der Waals surface area contributed by atoms with Crippen LogP contribution in [0.3, 0.4) is 0 Å². The number of benzene rings is 2. The topological polar surface area (TPSA) is 27.7 Å². The van der Waals surface area contributed by atoms with E-state index in [1.165, 1.54) is 5.56 Å². The third-order valence-corrected chi connectivity index (χ3v) is 3.47. The van der Waals surface area contributed by atoms with E-state index in [1.54, 1.807) is 7.11 Å². The summed E-state index contributed by atoms with van der Waals surface area (Å²) in [4.78, 5) is 0. The van der Waals surface area contributed by atoms with Crippen molar-refractivity contribution < 1.29 is 14.2 Å². The molecule has 1 atom stereocenters. The quantitative estimate of drug-likeness (QED) is 0.649. The van der Waals surface area contributed by atoms with Gasteiger partial charge in [0, 0.05) is 6.61 Å². The van der Waals surface area contributed by atoms with Crippen LogP contribution in [-0.2, 0) is 22.7 Å². The Kier molecular flexibility index (Phi) is 6.94. The maximum Gasteiger partial charge on any atom is 0.118 e. The number of hydrogen-bond donors (Lipinski definition) is 0. The van der Waals surface area contributed by atoms with E-state index in [2.05, 4.69) is 19.1 Å². The first-order valence-corrected chi connectivity index (χ1v) is 7.64. The largest absolute Gasteiger partial charge is 0.497 e. The van der Waals surface area contributed by atoms with Crippen molar-refractivity contribution in [1.82, 2.24) is 0 Å². The Hall–Kier alpha value is -1.84. The fourth-order valence-electron chi connectivity index (χ4n) is 2.06. The molecule has 3 nitrogen and oxygen atoms in total. The second kappa shape index (κ2) is 9.23. The molecule has 0 saturated heterocycles. The molecule has 0 radical (unpaired) electrons. The Labute approximate surface area is 132 Å². The highest BCUT2D eigenvalue weighted by molar-refractivity contribution is 5.26. The smallest absolute Gasteiger partial charge is 0.118 e. The molecule has 0 heterocycles. The van der Waals surface area contributed by atoms with Crippen LogP contribution < -0.4 is 4.74 Å². The maximum absolute atomic E-state index is 5.81. The zero-order valence-electron chi connectivity index (χ0n) is 13.3. The summed E-state index contributed by atoms with van der Waals surface area (Å²) in [7, 11) is 1.67. The molecule has 3 heteroatoms. The lowest BCUT2D eigenvalue weighted by Gasteiger charge is -2.13. The van der Waals surface area contributed by atoms with E-state index in [0.29, 0.717) is 19.8 Å². The summed E-state index contributed by atoms with van der Waals surface area (Å²) in [6, 6.07) is 18.2. The average molecular weight is 300 g/mol. The van der Waals surface area contributed by atoms with Crippen molar-refractivity contribution >= 4 is 0 Å². The molecule has 0 aliphatic rings. The summed E-state index contributed by atoms with van der Waals surface area (Å²) < 4.78 is 16.6. The van der Waals surface area contributed by atoms with Gasteiger partial charge in [-0.25, -0.2) is 0 Å². The van der Waals surface area contributed by atoms with Crippen molar-refractivity contribution in [1.29, 1.82) is 0 Å². The van der Waals surface area contributed by atoms with E-state index in [4.69, 9.17) is 14.2 Å². The fourth-order valence-corrected chi connectivity index (χ4v) is 2.06. The molecular formula is C19H24O3. The molecule has 0 fully saturated rings. The van der Waals surface area contributed by atoms with Crippen molar-refractivity contribution in [2.24, 2.45) is 0 Å². The van der Waals surface area contributed by atoms with Crippen LogP contribution in [0.2, 0.25) is 0 Å². The van der Waals surface area contributed by atoms with Crippen molar-refractivity contribution in [2.75, 3.05) is 13.7 Å². The predicted octanol–water partition coefficient (Wildman–Crippen LogP) is 4.21. The third-order valence-electron chi connectivity index (χ3n) is 3.47. The molecule has 0 N–H and O–H groups in total. The number of ether oxygens (including phenoxy) is 3. The van der Waals surface area contributed by atoms with Crippen LogP contribution >= 0.6 is 0 Å². The van der Waals surface area contributed by atoms with Crippen LogP contribution in [0.15, 0.2) is 54.6 Å². The summed E-state index contributed by atoms with van der Waals surface area (Å²) in [6.45, 7) is 4.05. The molecule has 0 aliphatic heterocycles. The summed E-state index contributed by atoms with van der Waals surface area (Å²) >= 11 is 0. The highest BCUT2D eigenvalue weighted by atomic mass is 16.5. The fraction of sp³-hybridized carbons (Fsp3) is 0.368. The minimum absolute atomic E-state index is 0.191. The molecule has 0 unspecified atom stereocenters. The highest BCUT2D eigenvalue weighted by Crippen LogP contribution is 2.12. The van der Waals surface area contributed by atoms with Gasteiger partial charge < -0.3 is 14.2 Å². The number of rotatable bonds is 9. The Morgan fingerprint density at radius 3 is 2.23 bits per heavy atom. The van der Waals surface area contributed by atoms with Gasteiger partial charge in [-0.3, -0.25) is 0 Å². The summed E-state index contributed by atoms with van der Waals surface area (Å²) in [5.74, 6) is 0.867. The van der Waals surface area contributed by atoms with Crippen LogP contribution in [0.1, 0.15) is 24.5 Å². The lowest BCUT2D eigenvalue weighted by molar-refractivity contribution is 0.0189. The van der Waals surface area contributed by atoms with E-state index in [9.17, 15) is 0 Å². The number of methoxy groups -OCH3 is 1. The average Bonchev–Trinajstić information content (AvgIpc) is 2.58. The molecule has 0 aliphatic carbocycles.